The van der Waals surface area contributed by atoms with Crippen molar-refractivity contribution in [1.29, 1.82) is 0 Å². The Labute approximate surface area is 149 Å². The van der Waals surface area contributed by atoms with Gasteiger partial charge in [-0.1, -0.05) is 23.8 Å². The van der Waals surface area contributed by atoms with Gasteiger partial charge in [-0.2, -0.15) is 10.1 Å². The fourth-order valence-corrected chi connectivity index (χ4v) is 3.85. The number of hydrogen-bond acceptors (Lipinski definition) is 6. The maximum Gasteiger partial charge on any atom is 0.229 e. The summed E-state index contributed by atoms with van der Waals surface area (Å²) in [5.41, 5.74) is 6.37. The van der Waals surface area contributed by atoms with Crippen molar-refractivity contribution in [1.82, 2.24) is 19.7 Å². The van der Waals surface area contributed by atoms with E-state index in [0.717, 1.165) is 12.1 Å². The van der Waals surface area contributed by atoms with Gasteiger partial charge in [-0.15, -0.1) is 0 Å². The highest BCUT2D eigenvalue weighted by molar-refractivity contribution is 6.32. The molecule has 1 fully saturated rings. The summed E-state index contributed by atoms with van der Waals surface area (Å²) in [6, 6.07) is -0.105. The van der Waals surface area contributed by atoms with Gasteiger partial charge >= 0.3 is 0 Å². The van der Waals surface area contributed by atoms with Gasteiger partial charge in [0.25, 0.3) is 0 Å². The Bertz CT molecular complexity index is 849. The first-order chi connectivity index (χ1) is 12.0. The van der Waals surface area contributed by atoms with Crippen LogP contribution in [-0.2, 0) is 11.8 Å². The predicted octanol–water partition coefficient (Wildman–Crippen LogP) is 1.69. The maximum absolute atomic E-state index is 11.8. The molecule has 4 N–H and O–H groups in total. The lowest BCUT2D eigenvalue weighted by atomic mass is 9.88. The molecule has 1 saturated carbocycles. The minimum atomic E-state index is -0.298. The van der Waals surface area contributed by atoms with Crippen molar-refractivity contribution in [2.24, 2.45) is 30.5 Å². The van der Waals surface area contributed by atoms with Gasteiger partial charge in [-0.25, -0.2) is 4.98 Å². The number of carbonyl (C=O) groups excluding carboxylic acids is 1. The van der Waals surface area contributed by atoms with E-state index in [9.17, 15) is 4.79 Å². The van der Waals surface area contributed by atoms with E-state index in [4.69, 9.17) is 17.3 Å². The molecule has 25 heavy (non-hydrogen) atoms. The van der Waals surface area contributed by atoms with Crippen molar-refractivity contribution in [3.63, 3.8) is 0 Å². The van der Waals surface area contributed by atoms with E-state index in [2.05, 4.69) is 37.9 Å². The Balaban J connectivity index is 1.57. The fraction of sp³-hybridized carbons (Fsp3) is 0.375. The van der Waals surface area contributed by atoms with Gasteiger partial charge in [0.2, 0.25) is 11.9 Å². The first-order valence-electron chi connectivity index (χ1n) is 8.03. The van der Waals surface area contributed by atoms with Crippen LogP contribution in [0.3, 0.4) is 0 Å². The summed E-state index contributed by atoms with van der Waals surface area (Å²) in [7, 11) is 1.83. The summed E-state index contributed by atoms with van der Waals surface area (Å²) in [5.74, 6) is 0.773. The third-order valence-corrected chi connectivity index (χ3v) is 5.07. The second-order valence-electron chi connectivity index (χ2n) is 6.46. The number of nitrogens with two attached hydrogens (primary N) is 1. The summed E-state index contributed by atoms with van der Waals surface area (Å²) in [5, 5.41) is 10.9. The van der Waals surface area contributed by atoms with E-state index in [0.29, 0.717) is 16.8 Å². The second-order valence-corrected chi connectivity index (χ2v) is 6.87. The standard InChI is InChI=1S/C16H18ClN7O/c1-24-7-10(5-20-24)21-16-19-6-11(17)15(23-16)22-13-9-3-2-8(4-9)12(13)14(18)25/h2-3,5-9,12-13H,4H2,1H3,(H2,18,25)(H2,19,21,22,23)/t8-,9+,12+,13-/m0/s1. The van der Waals surface area contributed by atoms with Crippen LogP contribution >= 0.6 is 11.6 Å². The third kappa shape index (κ3) is 2.93. The van der Waals surface area contributed by atoms with Crippen molar-refractivity contribution in [2.75, 3.05) is 10.6 Å². The van der Waals surface area contributed by atoms with Gasteiger partial charge in [0.15, 0.2) is 5.82 Å². The van der Waals surface area contributed by atoms with Gasteiger partial charge in [0, 0.05) is 19.3 Å². The molecule has 0 aliphatic heterocycles. The molecule has 2 aliphatic rings. The normalized spacial score (nSPS) is 26.8. The number of carbonyl (C=O) groups is 1. The number of aromatic nitrogens is 4. The first-order valence-corrected chi connectivity index (χ1v) is 8.41. The topological polar surface area (TPSA) is 111 Å². The lowest BCUT2D eigenvalue weighted by Crippen LogP contribution is -2.41. The molecule has 2 heterocycles. The molecule has 2 aromatic heterocycles. The lowest BCUT2D eigenvalue weighted by Gasteiger charge is -2.27. The number of rotatable bonds is 5. The van der Waals surface area contributed by atoms with E-state index in [1.54, 1.807) is 10.9 Å². The molecule has 4 atom stereocenters. The zero-order valence-corrected chi connectivity index (χ0v) is 14.3. The zero-order valence-electron chi connectivity index (χ0n) is 13.6. The molecule has 0 spiro atoms. The summed E-state index contributed by atoms with van der Waals surface area (Å²) in [4.78, 5) is 20.5. The van der Waals surface area contributed by atoms with Crippen LogP contribution in [0.15, 0.2) is 30.7 Å². The molecule has 2 aliphatic carbocycles. The summed E-state index contributed by atoms with van der Waals surface area (Å²) in [6.07, 6.45) is 10.2. The van der Waals surface area contributed by atoms with Crippen LogP contribution in [0.2, 0.25) is 5.02 Å². The minimum absolute atomic E-state index is 0.105. The van der Waals surface area contributed by atoms with Crippen LogP contribution < -0.4 is 16.4 Å². The van der Waals surface area contributed by atoms with E-state index < -0.39 is 0 Å². The van der Waals surface area contributed by atoms with E-state index in [1.807, 2.05) is 13.2 Å². The number of halogens is 1. The smallest absolute Gasteiger partial charge is 0.229 e. The van der Waals surface area contributed by atoms with Gasteiger partial charge < -0.3 is 16.4 Å². The number of nitrogens with one attached hydrogen (secondary N) is 2. The number of nitrogens with zero attached hydrogens (tertiary/aromatic N) is 4. The molecule has 0 aromatic carbocycles. The highest BCUT2D eigenvalue weighted by atomic mass is 35.5. The van der Waals surface area contributed by atoms with Crippen LogP contribution in [0, 0.1) is 17.8 Å². The van der Waals surface area contributed by atoms with Crippen molar-refractivity contribution in [3.8, 4) is 0 Å². The largest absolute Gasteiger partial charge is 0.369 e. The van der Waals surface area contributed by atoms with Crippen LogP contribution in [-0.4, -0.2) is 31.7 Å². The SMILES string of the molecule is Cn1cc(Nc2ncc(Cl)c(N[C@@H]3[C@H](C(N)=O)[C@H]4C=C[C@@H]3C4)n2)cn1. The molecule has 4 rings (SSSR count). The summed E-state index contributed by atoms with van der Waals surface area (Å²) < 4.78 is 1.68. The van der Waals surface area contributed by atoms with E-state index in [1.165, 1.54) is 6.20 Å². The Hall–Kier alpha value is -2.61. The lowest BCUT2D eigenvalue weighted by molar-refractivity contribution is -0.122. The van der Waals surface area contributed by atoms with Gasteiger partial charge in [-0.3, -0.25) is 9.48 Å². The number of hydrogen-bond donors (Lipinski definition) is 3. The number of allylic oxidation sites excluding steroid dienone is 1. The summed E-state index contributed by atoms with van der Waals surface area (Å²) >= 11 is 6.25. The monoisotopic (exact) mass is 359 g/mol. The van der Waals surface area contributed by atoms with E-state index >= 15 is 0 Å². The van der Waals surface area contributed by atoms with Crippen LogP contribution in [0.4, 0.5) is 17.5 Å². The average Bonchev–Trinajstić information content (AvgIpc) is 3.26. The number of aryl methyl sites for hydroxylation is 1. The minimum Gasteiger partial charge on any atom is -0.369 e. The van der Waals surface area contributed by atoms with Gasteiger partial charge in [0.05, 0.1) is 24.0 Å². The first kappa shape index (κ1) is 15.9. The molecule has 0 unspecified atom stereocenters. The molecule has 0 radical (unpaired) electrons. The molecule has 1 amide bonds. The van der Waals surface area contributed by atoms with Crippen LogP contribution in [0.25, 0.3) is 0 Å². The van der Waals surface area contributed by atoms with Gasteiger partial charge in [0.1, 0.15) is 5.02 Å². The Morgan fingerprint density at radius 3 is 2.88 bits per heavy atom. The van der Waals surface area contributed by atoms with Crippen molar-refractivity contribution >= 4 is 35.0 Å². The molecule has 130 valence electrons. The molecule has 2 aromatic rings. The molecule has 0 saturated heterocycles. The van der Waals surface area contributed by atoms with Crippen LogP contribution in [0.1, 0.15) is 6.42 Å². The van der Waals surface area contributed by atoms with Gasteiger partial charge in [-0.05, 0) is 18.3 Å². The summed E-state index contributed by atoms with van der Waals surface area (Å²) in [6.45, 7) is 0. The van der Waals surface area contributed by atoms with Crippen molar-refractivity contribution in [2.45, 2.75) is 12.5 Å². The predicted molar refractivity (Wildman–Crippen MR) is 94.4 cm³/mol. The fourth-order valence-electron chi connectivity index (χ4n) is 3.71. The quantitative estimate of drug-likeness (QED) is 0.701. The Kier molecular flexibility index (Phi) is 3.84. The maximum atomic E-state index is 11.8. The van der Waals surface area contributed by atoms with Crippen molar-refractivity contribution < 1.29 is 4.79 Å². The highest BCUT2D eigenvalue weighted by Gasteiger charge is 2.47. The zero-order chi connectivity index (χ0) is 17.6. The average molecular weight is 360 g/mol. The molecule has 9 heteroatoms. The Morgan fingerprint density at radius 2 is 2.16 bits per heavy atom. The number of anilines is 3. The second kappa shape index (κ2) is 6.03. The molecule has 8 nitrogen and oxygen atoms in total. The molecule has 2 bridgehead atoms. The highest BCUT2D eigenvalue weighted by Crippen LogP contribution is 2.45. The number of fused-ring (bicyclic) bond motifs is 2. The number of primary amides is 1. The number of amides is 1. The third-order valence-electron chi connectivity index (χ3n) is 4.80. The molecular formula is C16H18ClN7O. The Morgan fingerprint density at radius 1 is 1.36 bits per heavy atom. The van der Waals surface area contributed by atoms with E-state index in [-0.39, 0.29) is 29.7 Å². The molecular weight excluding hydrogens is 342 g/mol. The van der Waals surface area contributed by atoms with Crippen LogP contribution in [0.5, 0.6) is 0 Å². The van der Waals surface area contributed by atoms with Crippen molar-refractivity contribution in [3.05, 3.63) is 35.8 Å².